The van der Waals surface area contributed by atoms with E-state index in [0.29, 0.717) is 71.7 Å². The molecule has 1 aliphatic rings. The van der Waals surface area contributed by atoms with Crippen LogP contribution in [-0.2, 0) is 4.79 Å². The van der Waals surface area contributed by atoms with Crippen molar-refractivity contribution in [1.29, 1.82) is 0 Å². The van der Waals surface area contributed by atoms with Crippen LogP contribution in [0.1, 0.15) is 52.0 Å². The molecule has 0 aliphatic carbocycles. The number of carbonyl (C=O) groups excluding carboxylic acids is 3. The van der Waals surface area contributed by atoms with E-state index < -0.39 is 5.91 Å². The lowest BCUT2D eigenvalue weighted by atomic mass is 10.1. The quantitative estimate of drug-likeness (QED) is 0.144. The summed E-state index contributed by atoms with van der Waals surface area (Å²) >= 11 is 0. The molecule has 1 heterocycles. The highest BCUT2D eigenvalue weighted by molar-refractivity contribution is 6.09. The molecule has 3 aromatic rings. The molecular formula is C38H51N5O7. The Hall–Kier alpha value is -4.65. The van der Waals surface area contributed by atoms with Crippen molar-refractivity contribution in [3.05, 3.63) is 71.3 Å². The topological polar surface area (TPSA) is 136 Å². The molecule has 50 heavy (non-hydrogen) atoms. The minimum atomic E-state index is -0.410. The van der Waals surface area contributed by atoms with Gasteiger partial charge in [-0.1, -0.05) is 6.07 Å². The molecule has 12 nitrogen and oxygen atoms in total. The zero-order valence-electron chi connectivity index (χ0n) is 29.9. The van der Waals surface area contributed by atoms with Crippen molar-refractivity contribution >= 4 is 29.5 Å². The lowest BCUT2D eigenvalue weighted by molar-refractivity contribution is -0.113. The first-order valence-electron chi connectivity index (χ1n) is 17.1. The van der Waals surface area contributed by atoms with Crippen LogP contribution in [0.15, 0.2) is 54.6 Å². The second-order valence-corrected chi connectivity index (χ2v) is 12.4. The SMILES string of the molecule is COc1ccc(C(=O)Nc2ccc(C(=O)N(C)c3ccc(C)cc3OCCCCC(C=O)N3CCN(C)CC3)cc2OC)c(OCCCN)c1. The summed E-state index contributed by atoms with van der Waals surface area (Å²) in [6, 6.07) is 15.5. The number of nitrogens with zero attached hydrogens (tertiary/aromatic N) is 3. The molecule has 0 aromatic heterocycles. The number of anilines is 2. The normalized spacial score (nSPS) is 14.0. The Bertz CT molecular complexity index is 1590. The number of likely N-dealkylation sites (N-methyl/N-ethyl adjacent to an activating group) is 1. The maximum Gasteiger partial charge on any atom is 0.259 e. The molecule has 0 bridgehead atoms. The van der Waals surface area contributed by atoms with Crippen LogP contribution in [0.4, 0.5) is 11.4 Å². The number of hydrogen-bond donors (Lipinski definition) is 2. The summed E-state index contributed by atoms with van der Waals surface area (Å²) in [5.74, 6) is 1.16. The molecule has 0 spiro atoms. The molecule has 12 heteroatoms. The van der Waals surface area contributed by atoms with Crippen molar-refractivity contribution in [2.24, 2.45) is 5.73 Å². The highest BCUT2D eigenvalue weighted by Gasteiger charge is 2.23. The van der Waals surface area contributed by atoms with Crippen LogP contribution >= 0.6 is 0 Å². The maximum absolute atomic E-state index is 13.7. The number of carbonyl (C=O) groups is 3. The molecule has 270 valence electrons. The Balaban J connectivity index is 1.40. The molecule has 1 saturated heterocycles. The number of nitrogens with two attached hydrogens (primary N) is 1. The second-order valence-electron chi connectivity index (χ2n) is 12.4. The Morgan fingerprint density at radius 1 is 0.900 bits per heavy atom. The zero-order valence-corrected chi connectivity index (χ0v) is 29.9. The number of rotatable bonds is 18. The fraction of sp³-hybridized carbons (Fsp3) is 0.447. The van der Waals surface area contributed by atoms with Gasteiger partial charge in [-0.15, -0.1) is 0 Å². The highest BCUT2D eigenvalue weighted by Crippen LogP contribution is 2.33. The second kappa shape index (κ2) is 18.9. The van der Waals surface area contributed by atoms with Crippen LogP contribution in [0.5, 0.6) is 23.0 Å². The van der Waals surface area contributed by atoms with E-state index in [9.17, 15) is 14.4 Å². The van der Waals surface area contributed by atoms with Gasteiger partial charge in [0.05, 0.1) is 50.4 Å². The van der Waals surface area contributed by atoms with E-state index in [0.717, 1.165) is 57.3 Å². The standard InChI is InChI=1S/C38H51N5O7/c1-27-10-15-33(36(23-27)50-21-7-6-9-29(26-44)43-19-17-41(2)18-20-43)42(3)38(46)28-11-14-32(35(24-28)48-5)40-37(45)31-13-12-30(47-4)25-34(31)49-22-8-16-39/h10-15,23-26,29H,6-9,16-22,39H2,1-5H3,(H,40,45). The maximum atomic E-state index is 13.7. The molecule has 1 atom stereocenters. The summed E-state index contributed by atoms with van der Waals surface area (Å²) in [6.45, 7) is 7.00. The number of nitrogens with one attached hydrogen (secondary N) is 1. The molecule has 1 fully saturated rings. The van der Waals surface area contributed by atoms with Gasteiger partial charge in [-0.05, 0) is 94.2 Å². The predicted octanol–water partition coefficient (Wildman–Crippen LogP) is 4.63. The number of aldehydes is 1. The lowest BCUT2D eigenvalue weighted by Gasteiger charge is -2.35. The number of unbranched alkanes of at least 4 members (excludes halogenated alkanes) is 1. The average molecular weight is 690 g/mol. The van der Waals surface area contributed by atoms with Crippen LogP contribution in [-0.4, -0.2) is 108 Å². The van der Waals surface area contributed by atoms with E-state index in [1.165, 1.54) is 7.11 Å². The highest BCUT2D eigenvalue weighted by atomic mass is 16.5. The summed E-state index contributed by atoms with van der Waals surface area (Å²) in [6.07, 6.45) is 4.13. The molecular weight excluding hydrogens is 638 g/mol. The summed E-state index contributed by atoms with van der Waals surface area (Å²) in [4.78, 5) is 45.0. The van der Waals surface area contributed by atoms with Gasteiger partial charge in [0.25, 0.3) is 11.8 Å². The van der Waals surface area contributed by atoms with Crippen molar-refractivity contribution in [2.75, 3.05) is 84.5 Å². The summed E-state index contributed by atoms with van der Waals surface area (Å²) in [5, 5.41) is 2.87. The largest absolute Gasteiger partial charge is 0.497 e. The number of benzene rings is 3. The molecule has 1 unspecified atom stereocenters. The number of ether oxygens (including phenoxy) is 4. The van der Waals surface area contributed by atoms with Crippen molar-refractivity contribution in [1.82, 2.24) is 9.80 Å². The first-order valence-corrected chi connectivity index (χ1v) is 17.1. The molecule has 2 amide bonds. The number of aryl methyl sites for hydroxylation is 1. The molecule has 0 saturated carbocycles. The fourth-order valence-electron chi connectivity index (χ4n) is 5.76. The van der Waals surface area contributed by atoms with E-state index in [1.54, 1.807) is 55.5 Å². The van der Waals surface area contributed by atoms with E-state index in [4.69, 9.17) is 24.7 Å². The van der Waals surface area contributed by atoms with Gasteiger partial charge < -0.3 is 44.6 Å². The summed E-state index contributed by atoms with van der Waals surface area (Å²) in [5.41, 5.74) is 8.31. The van der Waals surface area contributed by atoms with Crippen LogP contribution < -0.4 is 34.9 Å². The van der Waals surface area contributed by atoms with E-state index in [1.807, 2.05) is 25.1 Å². The number of piperazine rings is 1. The summed E-state index contributed by atoms with van der Waals surface area (Å²) in [7, 11) is 6.82. The monoisotopic (exact) mass is 689 g/mol. The number of amides is 2. The lowest BCUT2D eigenvalue weighted by Crippen LogP contribution is -2.49. The third-order valence-electron chi connectivity index (χ3n) is 8.83. The van der Waals surface area contributed by atoms with Gasteiger partial charge in [0.2, 0.25) is 0 Å². The van der Waals surface area contributed by atoms with Gasteiger partial charge in [0, 0.05) is 44.9 Å². The fourth-order valence-corrected chi connectivity index (χ4v) is 5.76. The smallest absolute Gasteiger partial charge is 0.259 e. The van der Waals surface area contributed by atoms with Crippen molar-refractivity contribution in [3.8, 4) is 23.0 Å². The van der Waals surface area contributed by atoms with Crippen LogP contribution in [0.25, 0.3) is 0 Å². The zero-order chi connectivity index (χ0) is 36.0. The Morgan fingerprint density at radius 2 is 1.64 bits per heavy atom. The minimum absolute atomic E-state index is 0.0703. The van der Waals surface area contributed by atoms with Gasteiger partial charge >= 0.3 is 0 Å². The van der Waals surface area contributed by atoms with E-state index in [-0.39, 0.29) is 11.9 Å². The van der Waals surface area contributed by atoms with E-state index in [2.05, 4.69) is 22.2 Å². The molecule has 3 N–H and O–H groups in total. The average Bonchev–Trinajstić information content (AvgIpc) is 3.13. The molecule has 0 radical (unpaired) electrons. The van der Waals surface area contributed by atoms with Gasteiger partial charge in [0.15, 0.2) is 0 Å². The first kappa shape index (κ1) is 38.2. The number of methoxy groups -OCH3 is 2. The van der Waals surface area contributed by atoms with Crippen molar-refractivity contribution in [3.63, 3.8) is 0 Å². The van der Waals surface area contributed by atoms with Crippen LogP contribution in [0.3, 0.4) is 0 Å². The van der Waals surface area contributed by atoms with Crippen LogP contribution in [0.2, 0.25) is 0 Å². The number of hydrogen-bond acceptors (Lipinski definition) is 10. The van der Waals surface area contributed by atoms with Gasteiger partial charge in [-0.3, -0.25) is 14.5 Å². The van der Waals surface area contributed by atoms with Gasteiger partial charge in [0.1, 0.15) is 29.3 Å². The predicted molar refractivity (Wildman–Crippen MR) is 195 cm³/mol. The van der Waals surface area contributed by atoms with Crippen molar-refractivity contribution in [2.45, 2.75) is 38.6 Å². The minimum Gasteiger partial charge on any atom is -0.497 e. The molecule has 4 rings (SSSR count). The Labute approximate surface area is 295 Å². The van der Waals surface area contributed by atoms with Crippen molar-refractivity contribution < 1.29 is 33.3 Å². The first-order chi connectivity index (χ1) is 24.2. The van der Waals surface area contributed by atoms with Gasteiger partial charge in [-0.25, -0.2) is 0 Å². The van der Waals surface area contributed by atoms with Gasteiger partial charge in [-0.2, -0.15) is 0 Å². The Morgan fingerprint density at radius 3 is 2.34 bits per heavy atom. The third kappa shape index (κ3) is 10.2. The van der Waals surface area contributed by atoms with E-state index >= 15 is 0 Å². The van der Waals surface area contributed by atoms with Crippen LogP contribution in [0, 0.1) is 6.92 Å². The Kier molecular flexibility index (Phi) is 14.4. The molecule has 1 aliphatic heterocycles. The molecule has 3 aromatic carbocycles. The third-order valence-corrected chi connectivity index (χ3v) is 8.83. The summed E-state index contributed by atoms with van der Waals surface area (Å²) < 4.78 is 22.9.